The zero-order valence-corrected chi connectivity index (χ0v) is 10.3. The predicted molar refractivity (Wildman–Crippen MR) is 66.7 cm³/mol. The van der Waals surface area contributed by atoms with Crippen LogP contribution in [0.3, 0.4) is 0 Å². The fourth-order valence-electron chi connectivity index (χ4n) is 1.70. The van der Waals surface area contributed by atoms with Crippen molar-refractivity contribution >= 4 is 11.3 Å². The number of hydrogen-bond donors (Lipinski definition) is 1. The number of rotatable bonds is 3. The topological polar surface area (TPSA) is 33.1 Å². The Labute approximate surface area is 99.6 Å². The van der Waals surface area contributed by atoms with Crippen LogP contribution < -0.4 is 0 Å². The van der Waals surface area contributed by atoms with Crippen LogP contribution in [0.4, 0.5) is 0 Å². The number of hydrogen-bond acceptors (Lipinski definition) is 3. The van der Waals surface area contributed by atoms with Crippen LogP contribution in [0, 0.1) is 13.8 Å². The van der Waals surface area contributed by atoms with E-state index in [1.54, 1.807) is 11.3 Å². The van der Waals surface area contributed by atoms with Crippen molar-refractivity contribution in [1.29, 1.82) is 0 Å². The summed E-state index contributed by atoms with van der Waals surface area (Å²) in [4.78, 5) is 4.30. The summed E-state index contributed by atoms with van der Waals surface area (Å²) in [6.07, 6.45) is 0.136. The van der Waals surface area contributed by atoms with E-state index in [0.29, 0.717) is 6.42 Å². The second kappa shape index (κ2) is 4.76. The molecule has 1 unspecified atom stereocenters. The second-order valence-electron chi connectivity index (χ2n) is 4.00. The minimum atomic E-state index is -0.494. The minimum absolute atomic E-state index is 0.494. The molecule has 1 atom stereocenters. The molecule has 2 rings (SSSR count). The average molecular weight is 233 g/mol. The van der Waals surface area contributed by atoms with Gasteiger partial charge in [-0.15, -0.1) is 11.3 Å². The second-order valence-corrected chi connectivity index (χ2v) is 5.06. The van der Waals surface area contributed by atoms with Crippen LogP contribution in [0.25, 0.3) is 0 Å². The Hall–Kier alpha value is -1.19. The molecular formula is C13H15NOS. The van der Waals surface area contributed by atoms with Crippen molar-refractivity contribution in [2.45, 2.75) is 26.4 Å². The van der Waals surface area contributed by atoms with Gasteiger partial charge in [0, 0.05) is 11.8 Å². The number of aliphatic hydroxyl groups is 1. The number of thiazole rings is 1. The molecule has 2 nitrogen and oxygen atoms in total. The molecule has 1 aromatic carbocycles. The van der Waals surface area contributed by atoms with Crippen LogP contribution in [-0.2, 0) is 6.42 Å². The Kier molecular flexibility index (Phi) is 3.36. The zero-order valence-electron chi connectivity index (χ0n) is 9.47. The molecular weight excluding hydrogens is 218 g/mol. The number of aliphatic hydroxyl groups excluding tert-OH is 1. The molecule has 1 N–H and O–H groups in total. The molecule has 0 aliphatic heterocycles. The highest BCUT2D eigenvalue weighted by molar-refractivity contribution is 7.09. The summed E-state index contributed by atoms with van der Waals surface area (Å²) in [5.74, 6) is 0. The molecule has 0 aliphatic rings. The van der Waals surface area contributed by atoms with Crippen LogP contribution in [0.5, 0.6) is 0 Å². The highest BCUT2D eigenvalue weighted by atomic mass is 32.1. The molecule has 0 bridgehead atoms. The van der Waals surface area contributed by atoms with E-state index < -0.39 is 6.10 Å². The molecule has 0 saturated carbocycles. The van der Waals surface area contributed by atoms with Crippen molar-refractivity contribution in [3.63, 3.8) is 0 Å². The summed E-state index contributed by atoms with van der Waals surface area (Å²) in [5.41, 5.74) is 3.15. The first-order chi connectivity index (χ1) is 7.65. The summed E-state index contributed by atoms with van der Waals surface area (Å²) in [7, 11) is 0. The van der Waals surface area contributed by atoms with Gasteiger partial charge in [-0.3, -0.25) is 0 Å². The standard InChI is InChI=1S/C13H15NOS/c1-9-4-3-5-11(6-9)7-13(15)12-8-16-10(2)14-12/h3-6,8,13,15H,7H2,1-2H3. The van der Waals surface area contributed by atoms with E-state index in [2.05, 4.69) is 24.0 Å². The number of benzene rings is 1. The molecule has 0 fully saturated rings. The van der Waals surface area contributed by atoms with Crippen molar-refractivity contribution in [1.82, 2.24) is 4.98 Å². The quantitative estimate of drug-likeness (QED) is 0.884. The first kappa shape index (κ1) is 11.3. The third-order valence-electron chi connectivity index (χ3n) is 2.49. The van der Waals surface area contributed by atoms with Gasteiger partial charge in [-0.05, 0) is 19.4 Å². The van der Waals surface area contributed by atoms with Gasteiger partial charge >= 0.3 is 0 Å². The van der Waals surface area contributed by atoms with Gasteiger partial charge in [0.1, 0.15) is 6.10 Å². The molecule has 0 amide bonds. The Balaban J connectivity index is 2.10. The molecule has 1 heterocycles. The van der Waals surface area contributed by atoms with Crippen molar-refractivity contribution in [2.24, 2.45) is 0 Å². The van der Waals surface area contributed by atoms with E-state index in [-0.39, 0.29) is 0 Å². The highest BCUT2D eigenvalue weighted by Crippen LogP contribution is 2.20. The first-order valence-corrected chi connectivity index (χ1v) is 6.19. The molecule has 1 aromatic heterocycles. The van der Waals surface area contributed by atoms with Crippen molar-refractivity contribution < 1.29 is 5.11 Å². The van der Waals surface area contributed by atoms with E-state index in [1.165, 1.54) is 5.56 Å². The average Bonchev–Trinajstić information content (AvgIpc) is 2.65. The lowest BCUT2D eigenvalue weighted by Crippen LogP contribution is -2.02. The first-order valence-electron chi connectivity index (χ1n) is 5.31. The SMILES string of the molecule is Cc1cccc(CC(O)c2csc(C)n2)c1. The zero-order chi connectivity index (χ0) is 11.5. The maximum absolute atomic E-state index is 10.0. The van der Waals surface area contributed by atoms with Gasteiger partial charge < -0.3 is 5.11 Å². The minimum Gasteiger partial charge on any atom is -0.386 e. The summed E-state index contributed by atoms with van der Waals surface area (Å²) < 4.78 is 0. The van der Waals surface area contributed by atoms with Crippen LogP contribution in [0.2, 0.25) is 0 Å². The molecule has 2 aromatic rings. The molecule has 0 spiro atoms. The monoisotopic (exact) mass is 233 g/mol. The lowest BCUT2D eigenvalue weighted by atomic mass is 10.0. The van der Waals surface area contributed by atoms with Crippen LogP contribution in [-0.4, -0.2) is 10.1 Å². The fourth-order valence-corrected chi connectivity index (χ4v) is 2.36. The Morgan fingerprint density at radius 1 is 1.38 bits per heavy atom. The van der Waals surface area contributed by atoms with Crippen molar-refractivity contribution in [3.8, 4) is 0 Å². The Morgan fingerprint density at radius 2 is 2.19 bits per heavy atom. The molecule has 0 saturated heterocycles. The van der Waals surface area contributed by atoms with E-state index in [9.17, 15) is 5.11 Å². The third-order valence-corrected chi connectivity index (χ3v) is 3.28. The molecule has 84 valence electrons. The summed E-state index contributed by atoms with van der Waals surface area (Å²) in [6.45, 7) is 4.01. The van der Waals surface area contributed by atoms with Gasteiger partial charge in [-0.25, -0.2) is 4.98 Å². The molecule has 16 heavy (non-hydrogen) atoms. The summed E-state index contributed by atoms with van der Waals surface area (Å²) >= 11 is 1.58. The van der Waals surface area contributed by atoms with Crippen LogP contribution >= 0.6 is 11.3 Å². The van der Waals surface area contributed by atoms with Gasteiger partial charge in [-0.2, -0.15) is 0 Å². The molecule has 0 aliphatic carbocycles. The Bertz CT molecular complexity index is 478. The number of nitrogens with zero attached hydrogens (tertiary/aromatic N) is 1. The lowest BCUT2D eigenvalue weighted by molar-refractivity contribution is 0.174. The lowest BCUT2D eigenvalue weighted by Gasteiger charge is -2.08. The van der Waals surface area contributed by atoms with E-state index >= 15 is 0 Å². The maximum atomic E-state index is 10.0. The van der Waals surface area contributed by atoms with Gasteiger partial charge in [0.15, 0.2) is 0 Å². The largest absolute Gasteiger partial charge is 0.386 e. The molecule has 0 radical (unpaired) electrons. The third kappa shape index (κ3) is 2.68. The van der Waals surface area contributed by atoms with E-state index in [1.807, 2.05) is 24.4 Å². The maximum Gasteiger partial charge on any atom is 0.101 e. The smallest absolute Gasteiger partial charge is 0.101 e. The van der Waals surface area contributed by atoms with Gasteiger partial charge in [0.2, 0.25) is 0 Å². The van der Waals surface area contributed by atoms with Crippen molar-refractivity contribution in [3.05, 3.63) is 51.5 Å². The summed E-state index contributed by atoms with van der Waals surface area (Å²) in [6, 6.07) is 8.21. The highest BCUT2D eigenvalue weighted by Gasteiger charge is 2.11. The van der Waals surface area contributed by atoms with Crippen LogP contribution in [0.1, 0.15) is 27.9 Å². The molecule has 3 heteroatoms. The van der Waals surface area contributed by atoms with Gasteiger partial charge in [0.05, 0.1) is 10.7 Å². The van der Waals surface area contributed by atoms with Crippen molar-refractivity contribution in [2.75, 3.05) is 0 Å². The fraction of sp³-hybridized carbons (Fsp3) is 0.308. The predicted octanol–water partition coefficient (Wildman–Crippen LogP) is 3.04. The van der Waals surface area contributed by atoms with E-state index in [0.717, 1.165) is 16.3 Å². The number of aromatic nitrogens is 1. The Morgan fingerprint density at radius 3 is 2.81 bits per heavy atom. The van der Waals surface area contributed by atoms with Gasteiger partial charge in [0.25, 0.3) is 0 Å². The summed E-state index contributed by atoms with van der Waals surface area (Å²) in [5, 5.41) is 12.9. The number of aryl methyl sites for hydroxylation is 2. The van der Waals surface area contributed by atoms with Crippen LogP contribution in [0.15, 0.2) is 29.6 Å². The van der Waals surface area contributed by atoms with E-state index in [4.69, 9.17) is 0 Å². The normalized spacial score (nSPS) is 12.7. The van der Waals surface area contributed by atoms with Gasteiger partial charge in [-0.1, -0.05) is 29.8 Å².